The molecule has 0 spiro atoms. The van der Waals surface area contributed by atoms with Crippen molar-refractivity contribution >= 4 is 0 Å². The van der Waals surface area contributed by atoms with Crippen LogP contribution in [0.1, 0.15) is 47.0 Å². The van der Waals surface area contributed by atoms with Crippen LogP contribution in [-0.4, -0.2) is 0 Å². The minimum Gasteiger partial charge on any atom is -0.0625 e. The summed E-state index contributed by atoms with van der Waals surface area (Å²) in [5, 5.41) is 0. The van der Waals surface area contributed by atoms with E-state index in [9.17, 15) is 0 Å². The first-order chi connectivity index (χ1) is 5.59. The molecule has 2 aliphatic carbocycles. The molecule has 12 heavy (non-hydrogen) atoms. The molecule has 2 aliphatic rings. The van der Waals surface area contributed by atoms with Crippen LogP contribution < -0.4 is 0 Å². The van der Waals surface area contributed by atoms with Crippen LogP contribution in [0.2, 0.25) is 0 Å². The molecule has 0 aromatic rings. The van der Waals surface area contributed by atoms with E-state index in [0.29, 0.717) is 0 Å². The van der Waals surface area contributed by atoms with Crippen molar-refractivity contribution in [3.8, 4) is 0 Å². The van der Waals surface area contributed by atoms with Gasteiger partial charge in [0.05, 0.1) is 0 Å². The summed E-state index contributed by atoms with van der Waals surface area (Å²) in [5.74, 6) is 4.00. The monoisotopic (exact) mass is 166 g/mol. The van der Waals surface area contributed by atoms with Crippen molar-refractivity contribution in [2.45, 2.75) is 47.0 Å². The van der Waals surface area contributed by atoms with Gasteiger partial charge in [-0.3, -0.25) is 0 Å². The Morgan fingerprint density at radius 2 is 1.75 bits per heavy atom. The Morgan fingerprint density at radius 1 is 1.08 bits per heavy atom. The van der Waals surface area contributed by atoms with E-state index in [1.54, 1.807) is 6.42 Å². The van der Waals surface area contributed by atoms with Crippen molar-refractivity contribution in [3.05, 3.63) is 0 Å². The van der Waals surface area contributed by atoms with Crippen molar-refractivity contribution in [2.75, 3.05) is 0 Å². The first-order valence-electron chi connectivity index (χ1n) is 5.59. The number of rotatable bonds is 2. The lowest BCUT2D eigenvalue weighted by Gasteiger charge is -2.30. The van der Waals surface area contributed by atoms with E-state index in [0.717, 1.165) is 29.1 Å². The van der Waals surface area contributed by atoms with Crippen molar-refractivity contribution < 1.29 is 0 Å². The highest BCUT2D eigenvalue weighted by atomic mass is 14.7. The van der Waals surface area contributed by atoms with Crippen molar-refractivity contribution in [1.29, 1.82) is 0 Å². The van der Waals surface area contributed by atoms with Gasteiger partial charge in [0, 0.05) is 0 Å². The van der Waals surface area contributed by atoms with Gasteiger partial charge in [0.25, 0.3) is 0 Å². The van der Waals surface area contributed by atoms with E-state index in [4.69, 9.17) is 0 Å². The Kier molecular flexibility index (Phi) is 1.79. The maximum Gasteiger partial charge on any atom is -0.0212 e. The van der Waals surface area contributed by atoms with Gasteiger partial charge >= 0.3 is 0 Å². The van der Waals surface area contributed by atoms with E-state index in [1.807, 2.05) is 0 Å². The highest BCUT2D eigenvalue weighted by Crippen LogP contribution is 2.71. The zero-order chi connectivity index (χ0) is 8.93. The molecule has 0 amide bonds. The third kappa shape index (κ3) is 0.900. The normalized spacial score (nSPS) is 45.5. The molecule has 0 saturated heterocycles. The van der Waals surface area contributed by atoms with E-state index in [2.05, 4.69) is 27.7 Å². The van der Waals surface area contributed by atoms with Crippen LogP contribution in [0.25, 0.3) is 0 Å². The number of hydrogen-bond donors (Lipinski definition) is 0. The maximum atomic E-state index is 2.43. The molecule has 0 radical (unpaired) electrons. The smallest absolute Gasteiger partial charge is 0.0212 e. The van der Waals surface area contributed by atoms with Crippen molar-refractivity contribution in [2.24, 2.45) is 29.1 Å². The van der Waals surface area contributed by atoms with Crippen LogP contribution in [-0.2, 0) is 0 Å². The molecule has 0 N–H and O–H groups in total. The van der Waals surface area contributed by atoms with Gasteiger partial charge < -0.3 is 0 Å². The van der Waals surface area contributed by atoms with E-state index in [-0.39, 0.29) is 0 Å². The Balaban J connectivity index is 2.16. The van der Waals surface area contributed by atoms with Crippen LogP contribution in [0.15, 0.2) is 0 Å². The average molecular weight is 166 g/mol. The molecule has 2 fully saturated rings. The molecule has 0 heterocycles. The summed E-state index contributed by atoms with van der Waals surface area (Å²) in [7, 11) is 0. The lowest BCUT2D eigenvalue weighted by atomic mass is 9.75. The molecule has 2 saturated carbocycles. The van der Waals surface area contributed by atoms with Crippen molar-refractivity contribution in [1.82, 2.24) is 0 Å². The maximum absolute atomic E-state index is 2.43. The molecule has 0 aromatic heterocycles. The SMILES string of the molecule is CC(C)C1CCC2CC21C(C)C. The second kappa shape index (κ2) is 2.49. The Bertz CT molecular complexity index is 176. The molecule has 0 bridgehead atoms. The molecular formula is C12H22. The van der Waals surface area contributed by atoms with Gasteiger partial charge in [-0.05, 0) is 48.3 Å². The lowest BCUT2D eigenvalue weighted by molar-refractivity contribution is 0.186. The Hall–Kier alpha value is 0. The Morgan fingerprint density at radius 3 is 2.08 bits per heavy atom. The van der Waals surface area contributed by atoms with Crippen LogP contribution >= 0.6 is 0 Å². The second-order valence-electron chi connectivity index (χ2n) is 5.60. The predicted molar refractivity (Wildman–Crippen MR) is 52.9 cm³/mol. The van der Waals surface area contributed by atoms with E-state index in [1.165, 1.54) is 12.8 Å². The topological polar surface area (TPSA) is 0 Å². The molecule has 2 rings (SSSR count). The minimum atomic E-state index is 0.800. The lowest BCUT2D eigenvalue weighted by Crippen LogP contribution is -2.23. The molecule has 0 aliphatic heterocycles. The first kappa shape index (κ1) is 8.59. The fourth-order valence-electron chi connectivity index (χ4n) is 3.93. The van der Waals surface area contributed by atoms with E-state index < -0.39 is 0 Å². The quantitative estimate of drug-likeness (QED) is 0.586. The van der Waals surface area contributed by atoms with Gasteiger partial charge in [-0.2, -0.15) is 0 Å². The summed E-state index contributed by atoms with van der Waals surface area (Å²) >= 11 is 0. The molecule has 3 unspecified atom stereocenters. The fraction of sp³-hybridized carbons (Fsp3) is 1.00. The summed E-state index contributed by atoms with van der Waals surface area (Å²) < 4.78 is 0. The molecule has 0 aromatic carbocycles. The molecule has 0 heteroatoms. The fourth-order valence-corrected chi connectivity index (χ4v) is 3.93. The van der Waals surface area contributed by atoms with Crippen LogP contribution in [0.4, 0.5) is 0 Å². The van der Waals surface area contributed by atoms with Gasteiger partial charge in [0.2, 0.25) is 0 Å². The van der Waals surface area contributed by atoms with E-state index >= 15 is 0 Å². The molecular weight excluding hydrogens is 144 g/mol. The molecule has 70 valence electrons. The van der Waals surface area contributed by atoms with Gasteiger partial charge in [0.15, 0.2) is 0 Å². The average Bonchev–Trinajstić information content (AvgIpc) is 2.58. The summed E-state index contributed by atoms with van der Waals surface area (Å²) in [5.41, 5.74) is 0.800. The minimum absolute atomic E-state index is 0.800. The zero-order valence-corrected chi connectivity index (χ0v) is 8.93. The van der Waals surface area contributed by atoms with Crippen LogP contribution in [0.3, 0.4) is 0 Å². The summed E-state index contributed by atoms with van der Waals surface area (Å²) in [6, 6.07) is 0. The summed E-state index contributed by atoms with van der Waals surface area (Å²) in [6.07, 6.45) is 4.59. The highest BCUT2D eigenvalue weighted by Gasteiger charge is 2.63. The van der Waals surface area contributed by atoms with Gasteiger partial charge in [-0.15, -0.1) is 0 Å². The number of hydrogen-bond acceptors (Lipinski definition) is 0. The van der Waals surface area contributed by atoms with Crippen molar-refractivity contribution in [3.63, 3.8) is 0 Å². The largest absolute Gasteiger partial charge is 0.0625 e. The van der Waals surface area contributed by atoms with Crippen LogP contribution in [0.5, 0.6) is 0 Å². The van der Waals surface area contributed by atoms with Crippen LogP contribution in [0, 0.1) is 29.1 Å². The van der Waals surface area contributed by atoms with Gasteiger partial charge in [-0.1, -0.05) is 27.7 Å². The summed E-state index contributed by atoms with van der Waals surface area (Å²) in [4.78, 5) is 0. The molecule has 3 atom stereocenters. The highest BCUT2D eigenvalue weighted by molar-refractivity contribution is 5.12. The third-order valence-corrected chi connectivity index (χ3v) is 4.60. The van der Waals surface area contributed by atoms with Gasteiger partial charge in [-0.25, -0.2) is 0 Å². The number of fused-ring (bicyclic) bond motifs is 1. The molecule has 0 nitrogen and oxygen atoms in total. The van der Waals surface area contributed by atoms with Gasteiger partial charge in [0.1, 0.15) is 0 Å². The standard InChI is InChI=1S/C12H22/c1-8(2)11-6-5-10-7-12(10,11)9(3)4/h8-11H,5-7H2,1-4H3. The zero-order valence-electron chi connectivity index (χ0n) is 8.93. The Labute approximate surface area is 76.7 Å². The second-order valence-corrected chi connectivity index (χ2v) is 5.60. The predicted octanol–water partition coefficient (Wildman–Crippen LogP) is 3.71. The summed E-state index contributed by atoms with van der Waals surface area (Å²) in [6.45, 7) is 9.69. The third-order valence-electron chi connectivity index (χ3n) is 4.60. The first-order valence-corrected chi connectivity index (χ1v) is 5.59.